The molecule has 1 heterocycles. The maximum atomic E-state index is 14.4. The summed E-state index contributed by atoms with van der Waals surface area (Å²) in [5.74, 6) is -0.328. The second-order valence-electron chi connectivity index (χ2n) is 7.86. The molecule has 0 saturated heterocycles. The summed E-state index contributed by atoms with van der Waals surface area (Å²) in [6, 6.07) is 19.4. The van der Waals surface area contributed by atoms with Gasteiger partial charge >= 0.3 is 0 Å². The van der Waals surface area contributed by atoms with Crippen LogP contribution < -0.4 is 19.9 Å². The molecule has 0 amide bonds. The van der Waals surface area contributed by atoms with Crippen molar-refractivity contribution in [3.8, 4) is 11.5 Å². The summed E-state index contributed by atoms with van der Waals surface area (Å²) in [5.41, 5.74) is 2.67. The molecule has 6 nitrogen and oxygen atoms in total. The molecule has 0 atom stereocenters. The smallest absolute Gasteiger partial charge is 0.128 e. The molecule has 0 bridgehead atoms. The molecule has 1 N–H and O–H groups in total. The van der Waals surface area contributed by atoms with Gasteiger partial charge in [0.05, 0.1) is 37.4 Å². The molecule has 3 aromatic carbocycles. The lowest BCUT2D eigenvalue weighted by molar-refractivity contribution is -0.255. The van der Waals surface area contributed by atoms with Crippen molar-refractivity contribution >= 4 is 16.9 Å². The third kappa shape index (κ3) is 4.89. The van der Waals surface area contributed by atoms with Gasteiger partial charge < -0.3 is 29.3 Å². The molecule has 0 aliphatic carbocycles. The quantitative estimate of drug-likeness (QED) is 0.388. The van der Waals surface area contributed by atoms with E-state index in [1.807, 2.05) is 37.3 Å². The molecule has 0 saturated carbocycles. The van der Waals surface area contributed by atoms with Gasteiger partial charge in [-0.1, -0.05) is 30.3 Å². The molecular weight excluding hydrogens is 435 g/mol. The van der Waals surface area contributed by atoms with Crippen LogP contribution in [0.15, 0.2) is 66.7 Å². The van der Waals surface area contributed by atoms with E-state index in [0.717, 1.165) is 16.7 Å². The van der Waals surface area contributed by atoms with Crippen molar-refractivity contribution in [1.29, 1.82) is 0 Å². The van der Waals surface area contributed by atoms with Gasteiger partial charge in [-0.05, 0) is 42.8 Å². The van der Waals surface area contributed by atoms with E-state index in [-0.39, 0.29) is 12.2 Å². The standard InChI is InChI=1S/C27H27FN2O4/c1-3-34-20-10-8-18(9-11-20)15-29-16-23-22-13-12-21(33-2)14-25(22)30(26(23)27(31)32)17-19-6-4-5-7-24(19)28/h4-14,29H,3,15-17H2,1-2H3,(H,31,32)/p-1. The number of ether oxygens (including phenoxy) is 2. The Morgan fingerprint density at radius 2 is 1.76 bits per heavy atom. The number of hydrogen-bond acceptors (Lipinski definition) is 5. The number of carboxylic acids is 1. The predicted octanol–water partition coefficient (Wildman–Crippen LogP) is 3.89. The van der Waals surface area contributed by atoms with E-state index in [1.54, 1.807) is 42.0 Å². The highest BCUT2D eigenvalue weighted by Gasteiger charge is 2.19. The number of rotatable bonds is 10. The Morgan fingerprint density at radius 3 is 2.44 bits per heavy atom. The van der Waals surface area contributed by atoms with Crippen LogP contribution >= 0.6 is 0 Å². The van der Waals surface area contributed by atoms with Crippen molar-refractivity contribution < 1.29 is 23.8 Å². The fraction of sp³-hybridized carbons (Fsp3) is 0.222. The molecule has 0 aliphatic heterocycles. The van der Waals surface area contributed by atoms with Crippen molar-refractivity contribution in [2.45, 2.75) is 26.6 Å². The first kappa shape index (κ1) is 23.3. The van der Waals surface area contributed by atoms with Gasteiger partial charge in [0.25, 0.3) is 0 Å². The number of fused-ring (bicyclic) bond motifs is 1. The molecule has 0 spiro atoms. The Balaban J connectivity index is 1.68. The summed E-state index contributed by atoms with van der Waals surface area (Å²) in [7, 11) is 1.55. The van der Waals surface area contributed by atoms with Crippen molar-refractivity contribution in [3.05, 3.63) is 94.9 Å². The van der Waals surface area contributed by atoms with Gasteiger partial charge in [-0.2, -0.15) is 0 Å². The highest BCUT2D eigenvalue weighted by atomic mass is 19.1. The van der Waals surface area contributed by atoms with E-state index >= 15 is 0 Å². The van der Waals surface area contributed by atoms with Crippen molar-refractivity contribution in [1.82, 2.24) is 9.88 Å². The zero-order valence-electron chi connectivity index (χ0n) is 19.1. The summed E-state index contributed by atoms with van der Waals surface area (Å²) in [5, 5.41) is 16.3. The summed E-state index contributed by atoms with van der Waals surface area (Å²) in [6.07, 6.45) is 0. The molecule has 0 unspecified atom stereocenters. The maximum absolute atomic E-state index is 14.4. The molecule has 1 aromatic heterocycles. The first-order valence-corrected chi connectivity index (χ1v) is 11.1. The minimum Gasteiger partial charge on any atom is -0.543 e. The zero-order chi connectivity index (χ0) is 24.1. The third-order valence-corrected chi connectivity index (χ3v) is 5.72. The number of benzene rings is 3. The lowest BCUT2D eigenvalue weighted by Gasteiger charge is -2.14. The van der Waals surface area contributed by atoms with Crippen molar-refractivity contribution in [2.24, 2.45) is 0 Å². The molecule has 4 aromatic rings. The Morgan fingerprint density at radius 1 is 1.03 bits per heavy atom. The number of aromatic carboxylic acids is 1. The second kappa shape index (κ2) is 10.4. The maximum Gasteiger partial charge on any atom is 0.128 e. The Kier molecular flexibility index (Phi) is 7.13. The molecule has 7 heteroatoms. The molecule has 4 rings (SSSR count). The van der Waals surface area contributed by atoms with Gasteiger partial charge in [0.15, 0.2) is 0 Å². The summed E-state index contributed by atoms with van der Waals surface area (Å²) >= 11 is 0. The first-order valence-electron chi connectivity index (χ1n) is 11.1. The van der Waals surface area contributed by atoms with Crippen LogP contribution in [0.4, 0.5) is 4.39 Å². The first-order chi connectivity index (χ1) is 16.5. The van der Waals surface area contributed by atoms with Gasteiger partial charge in [0.2, 0.25) is 0 Å². The lowest BCUT2D eigenvalue weighted by Crippen LogP contribution is -2.28. The minimum absolute atomic E-state index is 0.0192. The van der Waals surface area contributed by atoms with Crippen LogP contribution in [0.5, 0.6) is 11.5 Å². The molecule has 34 heavy (non-hydrogen) atoms. The van der Waals surface area contributed by atoms with Crippen LogP contribution in [-0.2, 0) is 19.6 Å². The number of nitrogens with one attached hydrogen (secondary N) is 1. The Labute approximate surface area is 197 Å². The Hall–Kier alpha value is -3.84. The molecule has 0 aliphatic rings. The second-order valence-corrected chi connectivity index (χ2v) is 7.86. The molecule has 0 fully saturated rings. The van der Waals surface area contributed by atoms with Gasteiger partial charge in [0, 0.05) is 35.7 Å². The van der Waals surface area contributed by atoms with E-state index in [9.17, 15) is 14.3 Å². The average molecular weight is 462 g/mol. The van der Waals surface area contributed by atoms with Gasteiger partial charge in [-0.15, -0.1) is 0 Å². The lowest BCUT2D eigenvalue weighted by atomic mass is 10.1. The number of carbonyl (C=O) groups is 1. The topological polar surface area (TPSA) is 75.5 Å². The van der Waals surface area contributed by atoms with Gasteiger partial charge in [0.1, 0.15) is 17.3 Å². The van der Waals surface area contributed by atoms with E-state index < -0.39 is 11.8 Å². The van der Waals surface area contributed by atoms with E-state index in [1.165, 1.54) is 6.07 Å². The number of aromatic nitrogens is 1. The fourth-order valence-corrected chi connectivity index (χ4v) is 4.10. The normalized spacial score (nSPS) is 11.0. The molecule has 0 radical (unpaired) electrons. The van der Waals surface area contributed by atoms with Crippen LogP contribution in [0.25, 0.3) is 10.9 Å². The highest BCUT2D eigenvalue weighted by Crippen LogP contribution is 2.31. The number of carboxylic acid groups (broad SMARTS) is 1. The van der Waals surface area contributed by atoms with E-state index in [0.29, 0.717) is 42.1 Å². The third-order valence-electron chi connectivity index (χ3n) is 5.72. The predicted molar refractivity (Wildman–Crippen MR) is 126 cm³/mol. The number of methoxy groups -OCH3 is 1. The van der Waals surface area contributed by atoms with Gasteiger partial charge in [-0.25, -0.2) is 4.39 Å². The summed E-state index contributed by atoms with van der Waals surface area (Å²) in [4.78, 5) is 12.3. The SMILES string of the molecule is CCOc1ccc(CNCc2c(C(=O)[O-])n(Cc3ccccc3F)c3cc(OC)ccc23)cc1. The van der Waals surface area contributed by atoms with Crippen LogP contribution in [0, 0.1) is 5.82 Å². The van der Waals surface area contributed by atoms with Crippen molar-refractivity contribution in [3.63, 3.8) is 0 Å². The van der Waals surface area contributed by atoms with Crippen LogP contribution in [-0.4, -0.2) is 24.3 Å². The number of nitrogens with zero attached hydrogens (tertiary/aromatic N) is 1. The summed E-state index contributed by atoms with van der Waals surface area (Å²) < 4.78 is 26.8. The largest absolute Gasteiger partial charge is 0.543 e. The fourth-order valence-electron chi connectivity index (χ4n) is 4.10. The monoisotopic (exact) mass is 461 g/mol. The van der Waals surface area contributed by atoms with E-state index in [2.05, 4.69) is 5.32 Å². The Bertz CT molecular complexity index is 1300. The highest BCUT2D eigenvalue weighted by molar-refractivity contribution is 5.98. The minimum atomic E-state index is -1.32. The molecule has 176 valence electrons. The average Bonchev–Trinajstić information content (AvgIpc) is 3.14. The summed E-state index contributed by atoms with van der Waals surface area (Å²) in [6.45, 7) is 3.42. The van der Waals surface area contributed by atoms with E-state index in [4.69, 9.17) is 9.47 Å². The van der Waals surface area contributed by atoms with Crippen LogP contribution in [0.2, 0.25) is 0 Å². The number of halogens is 1. The number of hydrogen-bond donors (Lipinski definition) is 1. The van der Waals surface area contributed by atoms with Crippen LogP contribution in [0.3, 0.4) is 0 Å². The van der Waals surface area contributed by atoms with Crippen LogP contribution in [0.1, 0.15) is 34.1 Å². The zero-order valence-corrected chi connectivity index (χ0v) is 19.1. The van der Waals surface area contributed by atoms with Crippen molar-refractivity contribution in [2.75, 3.05) is 13.7 Å². The number of carbonyl (C=O) groups excluding carboxylic acids is 1. The van der Waals surface area contributed by atoms with Gasteiger partial charge in [-0.3, -0.25) is 0 Å². The molecular formula is C27H26FN2O4-.